The van der Waals surface area contributed by atoms with Gasteiger partial charge in [-0.15, -0.1) is 0 Å². The van der Waals surface area contributed by atoms with E-state index >= 15 is 0 Å². The predicted molar refractivity (Wildman–Crippen MR) is 61.2 cm³/mol. The minimum Gasteiger partial charge on any atom is -0.236 e. The second kappa shape index (κ2) is 3.41. The number of benzene rings is 1. The van der Waals surface area contributed by atoms with Gasteiger partial charge in [-0.2, -0.15) is 0 Å². The van der Waals surface area contributed by atoms with Crippen LogP contribution < -0.4 is 0 Å². The second-order valence-electron chi connectivity index (χ2n) is 3.38. The van der Waals surface area contributed by atoms with Crippen LogP contribution in [0.1, 0.15) is 11.1 Å². The average molecular weight is 226 g/mol. The highest BCUT2D eigenvalue weighted by Crippen LogP contribution is 2.27. The van der Waals surface area contributed by atoms with Crippen LogP contribution in [0.5, 0.6) is 0 Å². The van der Waals surface area contributed by atoms with E-state index in [0.29, 0.717) is 10.2 Å². The van der Waals surface area contributed by atoms with E-state index in [0.717, 1.165) is 10.9 Å². The van der Waals surface area contributed by atoms with Crippen molar-refractivity contribution in [3.8, 4) is 0 Å². The molecule has 0 N–H and O–H groups in total. The fourth-order valence-electron chi connectivity index (χ4n) is 1.41. The van der Waals surface area contributed by atoms with Crippen LogP contribution in [0, 0.1) is 13.8 Å². The van der Waals surface area contributed by atoms with E-state index in [1.165, 1.54) is 11.1 Å². The van der Waals surface area contributed by atoms with Crippen LogP contribution in [-0.4, -0.2) is 4.98 Å². The molecule has 0 spiro atoms. The van der Waals surface area contributed by atoms with Crippen LogP contribution in [0.4, 0.5) is 0 Å². The maximum absolute atomic E-state index is 6.06. The molecule has 14 heavy (non-hydrogen) atoms. The van der Waals surface area contributed by atoms with Crippen LogP contribution in [0.25, 0.3) is 10.9 Å². The molecule has 1 nitrogen and oxygen atoms in total. The standard InChI is InChI=1S/C11H9Cl2N/c1-6-3-8-9(12)5-11(13)14-10(8)4-7(6)2/h3-5H,1-2H3. The molecule has 72 valence electrons. The van der Waals surface area contributed by atoms with Gasteiger partial charge in [0, 0.05) is 5.39 Å². The molecule has 2 aromatic rings. The van der Waals surface area contributed by atoms with Gasteiger partial charge in [0.2, 0.25) is 0 Å². The first-order valence-electron chi connectivity index (χ1n) is 4.31. The van der Waals surface area contributed by atoms with Crippen LogP contribution in [0.2, 0.25) is 10.2 Å². The normalized spacial score (nSPS) is 10.9. The number of aromatic nitrogens is 1. The monoisotopic (exact) mass is 225 g/mol. The Morgan fingerprint density at radius 2 is 1.64 bits per heavy atom. The molecular weight excluding hydrogens is 217 g/mol. The van der Waals surface area contributed by atoms with Gasteiger partial charge in [0.05, 0.1) is 10.5 Å². The molecule has 0 atom stereocenters. The summed E-state index contributed by atoms with van der Waals surface area (Å²) in [7, 11) is 0. The summed E-state index contributed by atoms with van der Waals surface area (Å²) in [4.78, 5) is 4.22. The molecule has 1 heterocycles. The molecule has 0 saturated carbocycles. The largest absolute Gasteiger partial charge is 0.236 e. The van der Waals surface area contributed by atoms with Gasteiger partial charge in [0.1, 0.15) is 5.15 Å². The van der Waals surface area contributed by atoms with Crippen molar-refractivity contribution in [1.29, 1.82) is 0 Å². The first-order valence-corrected chi connectivity index (χ1v) is 5.06. The summed E-state index contributed by atoms with van der Waals surface area (Å²) in [5.41, 5.74) is 3.26. The van der Waals surface area contributed by atoms with Crippen molar-refractivity contribution >= 4 is 34.1 Å². The smallest absolute Gasteiger partial charge is 0.131 e. The van der Waals surface area contributed by atoms with Gasteiger partial charge in [0.15, 0.2) is 0 Å². The number of fused-ring (bicyclic) bond motifs is 1. The first-order chi connectivity index (χ1) is 6.58. The van der Waals surface area contributed by atoms with Gasteiger partial charge >= 0.3 is 0 Å². The second-order valence-corrected chi connectivity index (χ2v) is 4.17. The zero-order valence-corrected chi connectivity index (χ0v) is 9.45. The van der Waals surface area contributed by atoms with Gasteiger partial charge < -0.3 is 0 Å². The van der Waals surface area contributed by atoms with Gasteiger partial charge in [-0.1, -0.05) is 23.2 Å². The molecule has 0 saturated heterocycles. The third-order valence-corrected chi connectivity index (χ3v) is 2.85. The number of hydrogen-bond donors (Lipinski definition) is 0. The van der Waals surface area contributed by atoms with Gasteiger partial charge in [0.25, 0.3) is 0 Å². The molecule has 0 amide bonds. The third-order valence-electron chi connectivity index (χ3n) is 2.34. The maximum Gasteiger partial charge on any atom is 0.131 e. The summed E-state index contributed by atoms with van der Waals surface area (Å²) in [6.07, 6.45) is 0. The molecule has 2 rings (SSSR count). The quantitative estimate of drug-likeness (QED) is 0.614. The highest BCUT2D eigenvalue weighted by atomic mass is 35.5. The van der Waals surface area contributed by atoms with E-state index in [-0.39, 0.29) is 0 Å². The van der Waals surface area contributed by atoms with Crippen LogP contribution in [-0.2, 0) is 0 Å². The molecule has 0 fully saturated rings. The topological polar surface area (TPSA) is 12.9 Å². The highest BCUT2D eigenvalue weighted by molar-refractivity contribution is 6.37. The minimum absolute atomic E-state index is 0.436. The summed E-state index contributed by atoms with van der Waals surface area (Å²) < 4.78 is 0. The van der Waals surface area contributed by atoms with Crippen molar-refractivity contribution < 1.29 is 0 Å². The number of aryl methyl sites for hydroxylation is 2. The van der Waals surface area contributed by atoms with Crippen molar-refractivity contribution in [3.05, 3.63) is 39.5 Å². The molecule has 0 aliphatic heterocycles. The summed E-state index contributed by atoms with van der Waals surface area (Å²) in [5, 5.41) is 2.05. The number of halogens is 2. The molecule has 0 aliphatic rings. The van der Waals surface area contributed by atoms with Crippen molar-refractivity contribution in [3.63, 3.8) is 0 Å². The number of pyridine rings is 1. The van der Waals surface area contributed by atoms with E-state index in [9.17, 15) is 0 Å². The fraction of sp³-hybridized carbons (Fsp3) is 0.182. The van der Waals surface area contributed by atoms with E-state index in [1.54, 1.807) is 6.07 Å². The van der Waals surface area contributed by atoms with Crippen molar-refractivity contribution in [1.82, 2.24) is 4.98 Å². The predicted octanol–water partition coefficient (Wildman–Crippen LogP) is 4.16. The zero-order chi connectivity index (χ0) is 10.3. The first kappa shape index (κ1) is 9.75. The molecule has 0 aliphatic carbocycles. The zero-order valence-electron chi connectivity index (χ0n) is 7.94. The molecule has 0 radical (unpaired) electrons. The summed E-state index contributed by atoms with van der Waals surface area (Å²) in [6, 6.07) is 5.71. The lowest BCUT2D eigenvalue weighted by Gasteiger charge is -2.05. The van der Waals surface area contributed by atoms with Crippen molar-refractivity contribution in [2.45, 2.75) is 13.8 Å². The Hall–Kier alpha value is -0.790. The van der Waals surface area contributed by atoms with Crippen LogP contribution in [0.3, 0.4) is 0 Å². The van der Waals surface area contributed by atoms with Crippen LogP contribution in [0.15, 0.2) is 18.2 Å². The Kier molecular flexibility index (Phi) is 2.38. The lowest BCUT2D eigenvalue weighted by atomic mass is 10.1. The van der Waals surface area contributed by atoms with Crippen molar-refractivity contribution in [2.24, 2.45) is 0 Å². The van der Waals surface area contributed by atoms with E-state index in [4.69, 9.17) is 23.2 Å². The SMILES string of the molecule is Cc1cc2nc(Cl)cc(Cl)c2cc1C. The number of nitrogens with zero attached hydrogens (tertiary/aromatic N) is 1. The minimum atomic E-state index is 0.436. The Labute approximate surface area is 92.7 Å². The highest BCUT2D eigenvalue weighted by Gasteiger charge is 2.04. The third kappa shape index (κ3) is 1.58. The Morgan fingerprint density at radius 3 is 2.36 bits per heavy atom. The van der Waals surface area contributed by atoms with E-state index in [2.05, 4.69) is 11.9 Å². The van der Waals surface area contributed by atoms with Gasteiger partial charge in [-0.3, -0.25) is 0 Å². The molecule has 1 aromatic carbocycles. The Bertz CT molecular complexity index is 506. The summed E-state index contributed by atoms with van der Waals surface area (Å²) in [6.45, 7) is 4.10. The summed E-state index contributed by atoms with van der Waals surface area (Å²) >= 11 is 11.9. The van der Waals surface area contributed by atoms with Gasteiger partial charge in [-0.25, -0.2) is 4.98 Å². The Balaban J connectivity index is 2.89. The average Bonchev–Trinajstić information content (AvgIpc) is 2.08. The summed E-state index contributed by atoms with van der Waals surface area (Å²) in [5.74, 6) is 0. The van der Waals surface area contributed by atoms with Crippen molar-refractivity contribution in [2.75, 3.05) is 0 Å². The van der Waals surface area contributed by atoms with E-state index < -0.39 is 0 Å². The molecule has 0 unspecified atom stereocenters. The lowest BCUT2D eigenvalue weighted by molar-refractivity contribution is 1.33. The van der Waals surface area contributed by atoms with Gasteiger partial charge in [-0.05, 0) is 43.2 Å². The lowest BCUT2D eigenvalue weighted by Crippen LogP contribution is -1.86. The molecule has 3 heteroatoms. The molecule has 0 bridgehead atoms. The van der Waals surface area contributed by atoms with Crippen LogP contribution >= 0.6 is 23.2 Å². The molecule has 1 aromatic heterocycles. The maximum atomic E-state index is 6.06. The fourth-order valence-corrected chi connectivity index (χ4v) is 1.93. The molecular formula is C11H9Cl2N. The number of rotatable bonds is 0. The number of hydrogen-bond acceptors (Lipinski definition) is 1. The van der Waals surface area contributed by atoms with E-state index in [1.807, 2.05) is 19.1 Å². The Morgan fingerprint density at radius 1 is 1.00 bits per heavy atom.